The summed E-state index contributed by atoms with van der Waals surface area (Å²) in [6.45, 7) is 0.362. The topological polar surface area (TPSA) is 57.6 Å². The number of halogens is 1. The average Bonchev–Trinajstić information content (AvgIpc) is 3.04. The van der Waals surface area contributed by atoms with E-state index in [1.54, 1.807) is 10.9 Å². The molecule has 0 aliphatic rings. The van der Waals surface area contributed by atoms with Crippen LogP contribution in [-0.4, -0.2) is 24.1 Å². The van der Waals surface area contributed by atoms with E-state index >= 15 is 0 Å². The summed E-state index contributed by atoms with van der Waals surface area (Å²) in [4.78, 5) is 12.8. The Morgan fingerprint density at radius 1 is 1.17 bits per heavy atom. The van der Waals surface area contributed by atoms with Crippen molar-refractivity contribution >= 4 is 37.7 Å². The fraction of sp³-hybridized carbons (Fsp3) is 0.188. The molecule has 1 aromatic carbocycles. The third-order valence-corrected chi connectivity index (χ3v) is 4.54. The maximum atomic E-state index is 12.8. The molecule has 0 unspecified atom stereocenters. The molecule has 7 heteroatoms. The third-order valence-electron chi connectivity index (χ3n) is 4.04. The van der Waals surface area contributed by atoms with Gasteiger partial charge >= 0.3 is 0 Å². The Morgan fingerprint density at radius 2 is 2.00 bits per heavy atom. The fourth-order valence-corrected chi connectivity index (χ4v) is 3.31. The SMILES string of the molecule is Cn1ccc(Cn2ncc3c4cc(Br)ccc4n(C)c3c2=O)n1. The molecular formula is C16H14BrN5O. The van der Waals surface area contributed by atoms with Crippen molar-refractivity contribution < 1.29 is 0 Å². The number of rotatable bonds is 2. The summed E-state index contributed by atoms with van der Waals surface area (Å²) in [6, 6.07) is 7.88. The predicted octanol–water partition coefficient (Wildman–Crippen LogP) is 2.43. The lowest BCUT2D eigenvalue weighted by atomic mass is 10.2. The first kappa shape index (κ1) is 14.2. The Morgan fingerprint density at radius 3 is 2.74 bits per heavy atom. The Kier molecular flexibility index (Phi) is 3.12. The summed E-state index contributed by atoms with van der Waals surface area (Å²) in [5, 5.41) is 10.5. The molecule has 0 aliphatic carbocycles. The molecule has 0 saturated carbocycles. The summed E-state index contributed by atoms with van der Waals surface area (Å²) in [5.41, 5.74) is 2.37. The minimum absolute atomic E-state index is 0.108. The highest BCUT2D eigenvalue weighted by Gasteiger charge is 2.14. The van der Waals surface area contributed by atoms with Crippen LogP contribution >= 0.6 is 15.9 Å². The molecule has 0 atom stereocenters. The van der Waals surface area contributed by atoms with Crippen LogP contribution in [0.3, 0.4) is 0 Å². The molecule has 0 aliphatic heterocycles. The molecule has 0 fully saturated rings. The molecular weight excluding hydrogens is 358 g/mol. The van der Waals surface area contributed by atoms with Gasteiger partial charge in [0.15, 0.2) is 0 Å². The van der Waals surface area contributed by atoms with Gasteiger partial charge in [-0.1, -0.05) is 15.9 Å². The molecule has 0 spiro atoms. The molecule has 0 saturated heterocycles. The molecule has 6 nitrogen and oxygen atoms in total. The normalized spacial score (nSPS) is 11.6. The number of benzene rings is 1. The van der Waals surface area contributed by atoms with Gasteiger partial charge in [0.25, 0.3) is 5.56 Å². The van der Waals surface area contributed by atoms with E-state index in [9.17, 15) is 4.79 Å². The third kappa shape index (κ3) is 2.19. The van der Waals surface area contributed by atoms with Crippen molar-refractivity contribution in [3.05, 3.63) is 57.2 Å². The highest BCUT2D eigenvalue weighted by atomic mass is 79.9. The van der Waals surface area contributed by atoms with Gasteiger partial charge in [0, 0.05) is 41.1 Å². The number of hydrogen-bond acceptors (Lipinski definition) is 3. The van der Waals surface area contributed by atoms with Crippen LogP contribution in [0.4, 0.5) is 0 Å². The van der Waals surface area contributed by atoms with Gasteiger partial charge in [-0.3, -0.25) is 9.48 Å². The van der Waals surface area contributed by atoms with Crippen LogP contribution in [0, 0.1) is 0 Å². The highest BCUT2D eigenvalue weighted by molar-refractivity contribution is 9.10. The summed E-state index contributed by atoms with van der Waals surface area (Å²) < 4.78 is 6.08. The molecule has 0 N–H and O–H groups in total. The van der Waals surface area contributed by atoms with Gasteiger partial charge < -0.3 is 4.57 Å². The molecule has 4 rings (SSSR count). The second kappa shape index (κ2) is 5.06. The maximum absolute atomic E-state index is 12.8. The minimum Gasteiger partial charge on any atom is -0.339 e. The second-order valence-corrected chi connectivity index (χ2v) is 6.49. The van der Waals surface area contributed by atoms with Crippen molar-refractivity contribution in [1.29, 1.82) is 0 Å². The number of aromatic nitrogens is 5. The quantitative estimate of drug-likeness (QED) is 0.543. The van der Waals surface area contributed by atoms with E-state index in [0.717, 1.165) is 26.5 Å². The van der Waals surface area contributed by atoms with Crippen LogP contribution in [0.1, 0.15) is 5.69 Å². The summed E-state index contributed by atoms with van der Waals surface area (Å²) in [5.74, 6) is 0. The monoisotopic (exact) mass is 371 g/mol. The van der Waals surface area contributed by atoms with Gasteiger partial charge in [-0.05, 0) is 24.3 Å². The molecule has 0 amide bonds. The lowest BCUT2D eigenvalue weighted by Crippen LogP contribution is -2.24. The molecule has 4 aromatic rings. The summed E-state index contributed by atoms with van der Waals surface area (Å²) in [7, 11) is 3.76. The van der Waals surface area contributed by atoms with E-state index in [1.165, 1.54) is 4.68 Å². The lowest BCUT2D eigenvalue weighted by Gasteiger charge is -2.03. The van der Waals surface area contributed by atoms with Gasteiger partial charge in [-0.15, -0.1) is 0 Å². The second-order valence-electron chi connectivity index (χ2n) is 5.57. The Hall–Kier alpha value is -2.41. The van der Waals surface area contributed by atoms with Gasteiger partial charge in [0.05, 0.1) is 18.4 Å². The number of hydrogen-bond donors (Lipinski definition) is 0. The highest BCUT2D eigenvalue weighted by Crippen LogP contribution is 2.28. The van der Waals surface area contributed by atoms with Crippen molar-refractivity contribution in [1.82, 2.24) is 24.1 Å². The first-order chi connectivity index (χ1) is 11.0. The number of fused-ring (bicyclic) bond motifs is 3. The van der Waals surface area contributed by atoms with E-state index in [4.69, 9.17) is 0 Å². The van der Waals surface area contributed by atoms with Crippen LogP contribution < -0.4 is 5.56 Å². The molecule has 23 heavy (non-hydrogen) atoms. The van der Waals surface area contributed by atoms with Gasteiger partial charge in [-0.25, -0.2) is 4.68 Å². The average molecular weight is 372 g/mol. The Balaban J connectivity index is 1.96. The first-order valence-corrected chi connectivity index (χ1v) is 7.96. The predicted molar refractivity (Wildman–Crippen MR) is 92.5 cm³/mol. The zero-order valence-electron chi connectivity index (χ0n) is 12.7. The van der Waals surface area contributed by atoms with Crippen LogP contribution in [0.15, 0.2) is 45.9 Å². The van der Waals surface area contributed by atoms with Crippen molar-refractivity contribution in [3.8, 4) is 0 Å². The number of aryl methyl sites for hydroxylation is 2. The maximum Gasteiger partial charge on any atom is 0.291 e. The minimum atomic E-state index is -0.108. The van der Waals surface area contributed by atoms with Crippen LogP contribution in [0.5, 0.6) is 0 Å². The molecule has 3 aromatic heterocycles. The summed E-state index contributed by atoms with van der Waals surface area (Å²) in [6.07, 6.45) is 3.61. The molecule has 3 heterocycles. The van der Waals surface area contributed by atoms with Crippen LogP contribution in [-0.2, 0) is 20.6 Å². The van der Waals surface area contributed by atoms with Crippen LogP contribution in [0.2, 0.25) is 0 Å². The molecule has 116 valence electrons. The van der Waals surface area contributed by atoms with Crippen molar-refractivity contribution in [2.24, 2.45) is 14.1 Å². The lowest BCUT2D eigenvalue weighted by molar-refractivity contribution is 0.619. The van der Waals surface area contributed by atoms with Gasteiger partial charge in [0.2, 0.25) is 0 Å². The van der Waals surface area contributed by atoms with E-state index in [-0.39, 0.29) is 5.56 Å². The van der Waals surface area contributed by atoms with Gasteiger partial charge in [-0.2, -0.15) is 10.2 Å². The van der Waals surface area contributed by atoms with E-state index in [1.807, 2.05) is 49.1 Å². The van der Waals surface area contributed by atoms with E-state index in [2.05, 4.69) is 26.1 Å². The molecule has 0 bridgehead atoms. The number of nitrogens with zero attached hydrogens (tertiary/aromatic N) is 5. The van der Waals surface area contributed by atoms with Gasteiger partial charge in [0.1, 0.15) is 5.52 Å². The summed E-state index contributed by atoms with van der Waals surface area (Å²) >= 11 is 3.48. The smallest absolute Gasteiger partial charge is 0.291 e. The Labute approximate surface area is 140 Å². The molecule has 0 radical (unpaired) electrons. The fourth-order valence-electron chi connectivity index (χ4n) is 2.95. The van der Waals surface area contributed by atoms with Crippen molar-refractivity contribution in [2.75, 3.05) is 0 Å². The standard InChI is InChI=1S/C16H14BrN5O/c1-20-6-5-11(19-20)9-22-16(23)15-13(8-18-22)12-7-10(17)3-4-14(12)21(15)2/h3-8H,9H2,1-2H3. The van der Waals surface area contributed by atoms with E-state index < -0.39 is 0 Å². The van der Waals surface area contributed by atoms with Crippen molar-refractivity contribution in [2.45, 2.75) is 6.54 Å². The first-order valence-electron chi connectivity index (χ1n) is 7.17. The van der Waals surface area contributed by atoms with E-state index in [0.29, 0.717) is 12.1 Å². The Bertz CT molecular complexity index is 1110. The largest absolute Gasteiger partial charge is 0.339 e. The van der Waals surface area contributed by atoms with Crippen molar-refractivity contribution in [3.63, 3.8) is 0 Å². The zero-order chi connectivity index (χ0) is 16.1. The zero-order valence-corrected chi connectivity index (χ0v) is 14.3. The van der Waals surface area contributed by atoms with Crippen LogP contribution in [0.25, 0.3) is 21.8 Å².